The lowest BCUT2D eigenvalue weighted by atomic mass is 10.0. The van der Waals surface area contributed by atoms with Crippen LogP contribution in [0.25, 0.3) is 0 Å². The zero-order valence-electron chi connectivity index (χ0n) is 20.5. The first-order valence-electron chi connectivity index (χ1n) is 13.2. The summed E-state index contributed by atoms with van der Waals surface area (Å²) in [6.07, 6.45) is 22.9. The van der Waals surface area contributed by atoms with E-state index in [0.717, 1.165) is 25.0 Å². The van der Waals surface area contributed by atoms with Gasteiger partial charge in [0, 0.05) is 18.9 Å². The molecule has 1 N–H and O–H groups in total. The Labute approximate surface area is 193 Å². The van der Waals surface area contributed by atoms with Crippen LogP contribution >= 0.6 is 0 Å². The zero-order valence-corrected chi connectivity index (χ0v) is 20.5. The molecule has 0 aromatic heterocycles. The van der Waals surface area contributed by atoms with E-state index in [2.05, 4.69) is 31.8 Å². The minimum absolute atomic E-state index is 0.302. The fourth-order valence-electron chi connectivity index (χ4n) is 3.88. The molecular weight excluding hydrogens is 380 g/mol. The molecule has 0 radical (unpaired) electrons. The standard InChI is InChI=1S/C29H48O2/c1-3-5-7-9-11-12-13-14-15-16-17-18-20-22-27-24-28(30)26-29(25-27)31-23-21-19-10-8-6-4-2/h24-26,30H,3-9,11-18,20-23H2,1-2H3. The molecule has 0 saturated carbocycles. The minimum atomic E-state index is 0.302. The summed E-state index contributed by atoms with van der Waals surface area (Å²) in [5.74, 6) is 7.41. The smallest absolute Gasteiger partial charge is 0.123 e. The Bertz CT molecular complexity index is 596. The van der Waals surface area contributed by atoms with Crippen LogP contribution in [-0.2, 0) is 6.42 Å². The van der Waals surface area contributed by atoms with Crippen molar-refractivity contribution in [2.75, 3.05) is 6.61 Å². The predicted octanol–water partition coefficient (Wildman–Crippen LogP) is 8.99. The first kappa shape index (κ1) is 27.4. The molecule has 2 heteroatoms. The largest absolute Gasteiger partial charge is 0.508 e. The van der Waals surface area contributed by atoms with Crippen LogP contribution in [0.4, 0.5) is 0 Å². The lowest BCUT2D eigenvalue weighted by molar-refractivity contribution is 0.324. The first-order chi connectivity index (χ1) is 15.3. The van der Waals surface area contributed by atoms with Crippen LogP contribution in [0.5, 0.6) is 11.5 Å². The van der Waals surface area contributed by atoms with Crippen LogP contribution in [0.1, 0.15) is 129 Å². The van der Waals surface area contributed by atoms with E-state index in [1.807, 2.05) is 6.07 Å². The Morgan fingerprint density at radius 3 is 1.81 bits per heavy atom. The van der Waals surface area contributed by atoms with Crippen LogP contribution in [0.2, 0.25) is 0 Å². The Kier molecular flexibility index (Phi) is 17.9. The summed E-state index contributed by atoms with van der Waals surface area (Å²) in [6.45, 7) is 5.05. The van der Waals surface area contributed by atoms with Gasteiger partial charge < -0.3 is 9.84 Å². The molecule has 0 bridgehead atoms. The zero-order chi connectivity index (χ0) is 22.4. The molecule has 0 saturated heterocycles. The number of benzene rings is 1. The molecule has 0 unspecified atom stereocenters. The first-order valence-corrected chi connectivity index (χ1v) is 13.2. The molecule has 1 aromatic carbocycles. The van der Waals surface area contributed by atoms with Crippen molar-refractivity contribution in [1.29, 1.82) is 0 Å². The van der Waals surface area contributed by atoms with Crippen molar-refractivity contribution in [3.8, 4) is 23.3 Å². The van der Waals surface area contributed by atoms with Gasteiger partial charge in [-0.15, -0.1) is 5.92 Å². The van der Waals surface area contributed by atoms with Gasteiger partial charge in [-0.05, 0) is 37.0 Å². The molecule has 0 aliphatic heterocycles. The summed E-state index contributed by atoms with van der Waals surface area (Å²) in [7, 11) is 0. The molecule has 176 valence electrons. The summed E-state index contributed by atoms with van der Waals surface area (Å²) in [6, 6.07) is 5.65. The average Bonchev–Trinajstić information content (AvgIpc) is 2.76. The topological polar surface area (TPSA) is 29.5 Å². The van der Waals surface area contributed by atoms with Gasteiger partial charge in [-0.2, -0.15) is 0 Å². The molecule has 2 nitrogen and oxygen atoms in total. The Balaban J connectivity index is 2.06. The number of unbranched alkanes of at least 4 members (excludes halogenated alkanes) is 14. The summed E-state index contributed by atoms with van der Waals surface area (Å²) < 4.78 is 5.79. The van der Waals surface area contributed by atoms with Crippen LogP contribution in [0.3, 0.4) is 0 Å². The normalized spacial score (nSPS) is 10.6. The van der Waals surface area contributed by atoms with E-state index >= 15 is 0 Å². The second-order valence-corrected chi connectivity index (χ2v) is 8.88. The van der Waals surface area contributed by atoms with Gasteiger partial charge in [0.25, 0.3) is 0 Å². The molecule has 0 amide bonds. The highest BCUT2D eigenvalue weighted by Gasteiger charge is 2.02. The van der Waals surface area contributed by atoms with Crippen molar-refractivity contribution in [2.45, 2.75) is 129 Å². The molecule has 0 atom stereocenters. The van der Waals surface area contributed by atoms with E-state index < -0.39 is 0 Å². The molecule has 0 aliphatic carbocycles. The lowest BCUT2D eigenvalue weighted by Crippen LogP contribution is -1.97. The molecular formula is C29H48O2. The molecule has 31 heavy (non-hydrogen) atoms. The van der Waals surface area contributed by atoms with Gasteiger partial charge in [-0.25, -0.2) is 0 Å². The predicted molar refractivity (Wildman–Crippen MR) is 135 cm³/mol. The number of phenols is 1. The summed E-state index contributed by atoms with van der Waals surface area (Å²) >= 11 is 0. The maximum Gasteiger partial charge on any atom is 0.123 e. The van der Waals surface area contributed by atoms with Gasteiger partial charge in [0.1, 0.15) is 11.5 Å². The van der Waals surface area contributed by atoms with E-state index in [-0.39, 0.29) is 0 Å². The molecule has 0 heterocycles. The average molecular weight is 429 g/mol. The Morgan fingerprint density at radius 2 is 1.19 bits per heavy atom. The number of aryl methyl sites for hydroxylation is 1. The summed E-state index contributed by atoms with van der Waals surface area (Å²) in [4.78, 5) is 0. The van der Waals surface area contributed by atoms with Gasteiger partial charge in [-0.1, -0.05) is 103 Å². The third-order valence-electron chi connectivity index (χ3n) is 5.80. The number of ether oxygens (including phenoxy) is 1. The molecule has 1 aromatic rings. The number of hydrogen-bond acceptors (Lipinski definition) is 2. The number of phenolic OH excluding ortho intramolecular Hbond substituents is 1. The van der Waals surface area contributed by atoms with Gasteiger partial charge in [0.2, 0.25) is 0 Å². The van der Waals surface area contributed by atoms with Gasteiger partial charge in [-0.3, -0.25) is 0 Å². The van der Waals surface area contributed by atoms with Crippen LogP contribution < -0.4 is 4.74 Å². The third kappa shape index (κ3) is 16.7. The number of aromatic hydroxyl groups is 1. The Hall–Kier alpha value is -1.62. The highest BCUT2D eigenvalue weighted by molar-refractivity contribution is 5.37. The number of hydrogen-bond donors (Lipinski definition) is 1. The van der Waals surface area contributed by atoms with Gasteiger partial charge >= 0.3 is 0 Å². The third-order valence-corrected chi connectivity index (χ3v) is 5.80. The van der Waals surface area contributed by atoms with E-state index in [1.165, 1.54) is 102 Å². The van der Waals surface area contributed by atoms with E-state index in [0.29, 0.717) is 12.4 Å². The SMILES string of the molecule is CCCCC#CCCOc1cc(O)cc(CCCCCCCCCCCCCCC)c1. The molecule has 1 rings (SSSR count). The van der Waals surface area contributed by atoms with E-state index in [4.69, 9.17) is 4.74 Å². The van der Waals surface area contributed by atoms with Gasteiger partial charge in [0.15, 0.2) is 0 Å². The monoisotopic (exact) mass is 428 g/mol. The van der Waals surface area contributed by atoms with Crippen molar-refractivity contribution in [3.05, 3.63) is 23.8 Å². The molecule has 0 aliphatic rings. The second-order valence-electron chi connectivity index (χ2n) is 8.88. The second kappa shape index (κ2) is 20.3. The van der Waals surface area contributed by atoms with Gasteiger partial charge in [0.05, 0.1) is 6.61 Å². The summed E-state index contributed by atoms with van der Waals surface area (Å²) in [5, 5.41) is 9.99. The van der Waals surface area contributed by atoms with Crippen LogP contribution in [0, 0.1) is 11.8 Å². The molecule has 0 fully saturated rings. The molecule has 0 spiro atoms. The van der Waals surface area contributed by atoms with Crippen LogP contribution in [0.15, 0.2) is 18.2 Å². The van der Waals surface area contributed by atoms with Crippen molar-refractivity contribution >= 4 is 0 Å². The highest BCUT2D eigenvalue weighted by atomic mass is 16.5. The van der Waals surface area contributed by atoms with Crippen molar-refractivity contribution in [3.63, 3.8) is 0 Å². The van der Waals surface area contributed by atoms with Crippen molar-refractivity contribution in [2.24, 2.45) is 0 Å². The van der Waals surface area contributed by atoms with Crippen LogP contribution in [-0.4, -0.2) is 11.7 Å². The fourth-order valence-corrected chi connectivity index (χ4v) is 3.88. The fraction of sp³-hybridized carbons (Fsp3) is 0.724. The van der Waals surface area contributed by atoms with Crippen molar-refractivity contribution < 1.29 is 9.84 Å². The quantitative estimate of drug-likeness (QED) is 0.176. The summed E-state index contributed by atoms with van der Waals surface area (Å²) in [5.41, 5.74) is 1.17. The Morgan fingerprint density at radius 1 is 0.645 bits per heavy atom. The van der Waals surface area contributed by atoms with Crippen molar-refractivity contribution in [1.82, 2.24) is 0 Å². The maximum atomic E-state index is 9.99. The maximum absolute atomic E-state index is 9.99. The number of rotatable bonds is 19. The minimum Gasteiger partial charge on any atom is -0.508 e. The highest BCUT2D eigenvalue weighted by Crippen LogP contribution is 2.23. The lowest BCUT2D eigenvalue weighted by Gasteiger charge is -2.08. The van der Waals surface area contributed by atoms with E-state index in [9.17, 15) is 5.11 Å². The van der Waals surface area contributed by atoms with E-state index in [1.54, 1.807) is 6.07 Å².